The van der Waals surface area contributed by atoms with Gasteiger partial charge in [0.2, 0.25) is 5.91 Å². The van der Waals surface area contributed by atoms with E-state index in [-0.39, 0.29) is 23.3 Å². The van der Waals surface area contributed by atoms with Crippen LogP contribution in [0.4, 0.5) is 20.2 Å². The molecular formula is C18H19F2N3O3S. The van der Waals surface area contributed by atoms with Crippen LogP contribution >= 0.6 is 12.6 Å². The average molecular weight is 395 g/mol. The number of likely N-dealkylation sites (N-methyl/N-ethyl adjacent to an activating group) is 1. The molecule has 0 saturated carbocycles. The van der Waals surface area contributed by atoms with Crippen LogP contribution in [0, 0.1) is 11.6 Å². The highest BCUT2D eigenvalue weighted by Crippen LogP contribution is 2.31. The van der Waals surface area contributed by atoms with Crippen molar-refractivity contribution in [2.75, 3.05) is 32.7 Å². The molecule has 0 aliphatic carbocycles. The van der Waals surface area contributed by atoms with Crippen molar-refractivity contribution in [3.8, 4) is 11.5 Å². The third-order valence-electron chi connectivity index (χ3n) is 3.66. The van der Waals surface area contributed by atoms with Crippen LogP contribution in [0.1, 0.15) is 0 Å². The van der Waals surface area contributed by atoms with E-state index in [2.05, 4.69) is 22.9 Å². The second kappa shape index (κ2) is 9.22. The lowest BCUT2D eigenvalue weighted by Crippen LogP contribution is -2.36. The predicted octanol–water partition coefficient (Wildman–Crippen LogP) is 3.15. The number of nitrogens with zero attached hydrogens (tertiary/aromatic N) is 2. The van der Waals surface area contributed by atoms with Crippen molar-refractivity contribution in [3.63, 3.8) is 0 Å². The lowest BCUT2D eigenvalue weighted by molar-refractivity contribution is -0.117. The van der Waals surface area contributed by atoms with E-state index in [9.17, 15) is 13.6 Å². The topological polar surface area (TPSA) is 63.2 Å². The number of carbonyl (C=O) groups excluding carboxylic acids is 1. The van der Waals surface area contributed by atoms with Gasteiger partial charge in [-0.25, -0.2) is 13.8 Å². The highest BCUT2D eigenvalue weighted by Gasteiger charge is 2.14. The zero-order valence-corrected chi connectivity index (χ0v) is 15.9. The normalized spacial score (nSPS) is 11.1. The maximum atomic E-state index is 13.6. The van der Waals surface area contributed by atoms with Gasteiger partial charge in [0.05, 0.1) is 20.8 Å². The highest BCUT2D eigenvalue weighted by atomic mass is 32.1. The largest absolute Gasteiger partial charge is 0.493 e. The van der Waals surface area contributed by atoms with Crippen LogP contribution in [-0.4, -0.2) is 38.9 Å². The second-order valence-electron chi connectivity index (χ2n) is 5.38. The first-order valence-corrected chi connectivity index (χ1v) is 8.25. The number of ether oxygens (including phenoxy) is 2. The van der Waals surface area contributed by atoms with Crippen LogP contribution in [-0.2, 0) is 4.79 Å². The van der Waals surface area contributed by atoms with Gasteiger partial charge in [-0.15, -0.1) is 12.6 Å². The van der Waals surface area contributed by atoms with Crippen molar-refractivity contribution >= 4 is 35.1 Å². The molecule has 0 unspecified atom stereocenters. The number of thiol groups is 1. The van der Waals surface area contributed by atoms with Crippen molar-refractivity contribution < 1.29 is 23.0 Å². The molecule has 0 bridgehead atoms. The number of methoxy groups -OCH3 is 2. The van der Waals surface area contributed by atoms with Gasteiger partial charge in [-0.3, -0.25) is 4.79 Å². The summed E-state index contributed by atoms with van der Waals surface area (Å²) in [5, 5.41) is 2.70. The van der Waals surface area contributed by atoms with Gasteiger partial charge in [0.1, 0.15) is 11.5 Å². The molecule has 6 nitrogen and oxygen atoms in total. The maximum absolute atomic E-state index is 13.6. The third-order valence-corrected chi connectivity index (χ3v) is 3.92. The second-order valence-corrected chi connectivity index (χ2v) is 5.80. The Kier molecular flexibility index (Phi) is 7.00. The molecule has 9 heteroatoms. The van der Waals surface area contributed by atoms with E-state index in [4.69, 9.17) is 9.47 Å². The smallest absolute Gasteiger partial charge is 0.246 e. The number of amides is 1. The Morgan fingerprint density at radius 2 is 1.85 bits per heavy atom. The molecule has 0 spiro atoms. The first-order valence-electron chi connectivity index (χ1n) is 7.81. The van der Waals surface area contributed by atoms with Gasteiger partial charge in [0.15, 0.2) is 22.5 Å². The van der Waals surface area contributed by atoms with Crippen molar-refractivity contribution in [2.45, 2.75) is 0 Å². The van der Waals surface area contributed by atoms with E-state index in [1.54, 1.807) is 25.2 Å². The van der Waals surface area contributed by atoms with E-state index in [1.165, 1.54) is 25.2 Å². The number of hydrogen-bond donors (Lipinski definition) is 2. The fourth-order valence-corrected chi connectivity index (χ4v) is 2.36. The number of amidine groups is 1. The number of hydrogen-bond acceptors (Lipinski definition) is 4. The number of benzene rings is 2. The van der Waals surface area contributed by atoms with Crippen molar-refractivity contribution in [1.29, 1.82) is 0 Å². The monoisotopic (exact) mass is 395 g/mol. The highest BCUT2D eigenvalue weighted by molar-refractivity contribution is 7.96. The van der Waals surface area contributed by atoms with E-state index < -0.39 is 11.6 Å². The van der Waals surface area contributed by atoms with E-state index in [0.29, 0.717) is 17.2 Å². The number of nitrogens with one attached hydrogen (secondary N) is 1. The minimum absolute atomic E-state index is 0.0227. The molecule has 0 aliphatic rings. The van der Waals surface area contributed by atoms with Crippen LogP contribution in [0.25, 0.3) is 0 Å². The Hall–Kier alpha value is -2.81. The molecular weight excluding hydrogens is 376 g/mol. The molecule has 27 heavy (non-hydrogen) atoms. The zero-order chi connectivity index (χ0) is 20.0. The lowest BCUT2D eigenvalue weighted by atomic mass is 10.2. The molecule has 2 aromatic carbocycles. The molecule has 144 valence electrons. The molecule has 2 aromatic rings. The number of rotatable bonds is 6. The minimum Gasteiger partial charge on any atom is -0.493 e. The molecule has 0 saturated heterocycles. The summed E-state index contributed by atoms with van der Waals surface area (Å²) in [6, 6.07) is 8.05. The fraction of sp³-hybridized carbons (Fsp3) is 0.222. The molecule has 0 aliphatic heterocycles. The number of halogens is 2. The number of aliphatic imine (C=N–C) groups is 1. The molecule has 0 atom stereocenters. The summed E-state index contributed by atoms with van der Waals surface area (Å²) >= 11 is 4.07. The van der Waals surface area contributed by atoms with Crippen LogP contribution in [0.5, 0.6) is 11.5 Å². The van der Waals surface area contributed by atoms with Crippen LogP contribution in [0.15, 0.2) is 41.4 Å². The molecule has 0 radical (unpaired) electrons. The first-order chi connectivity index (χ1) is 12.8. The minimum atomic E-state index is -0.822. The van der Waals surface area contributed by atoms with Crippen molar-refractivity contribution in [3.05, 3.63) is 48.0 Å². The fourth-order valence-electron chi connectivity index (χ4n) is 2.18. The Morgan fingerprint density at radius 3 is 2.48 bits per heavy atom. The Bertz CT molecular complexity index is 862. The molecule has 1 N–H and O–H groups in total. The van der Waals surface area contributed by atoms with E-state index in [1.807, 2.05) is 0 Å². The lowest BCUT2D eigenvalue weighted by Gasteiger charge is -2.19. The standard InChI is InChI=1S/C18H19F2N3O3S/c1-23(12-5-7-15(25-2)16(9-12)26-3)17(24)10-21-18(27)22-14-6-4-11(19)8-13(14)20/h4-9H,10H2,1-3H3,(H2,21,22,27). The number of anilines is 1. The quantitative estimate of drug-likeness (QED) is 0.448. The van der Waals surface area contributed by atoms with Crippen LogP contribution < -0.4 is 19.7 Å². The van der Waals surface area contributed by atoms with Crippen molar-refractivity contribution in [1.82, 2.24) is 5.32 Å². The molecule has 1 amide bonds. The summed E-state index contributed by atoms with van der Waals surface area (Å²) < 4.78 is 36.9. The predicted molar refractivity (Wildman–Crippen MR) is 103 cm³/mol. The summed E-state index contributed by atoms with van der Waals surface area (Å²) in [5.74, 6) is -0.773. The summed E-state index contributed by atoms with van der Waals surface area (Å²) in [6.07, 6.45) is 0. The van der Waals surface area contributed by atoms with Gasteiger partial charge >= 0.3 is 0 Å². The van der Waals surface area contributed by atoms with Gasteiger partial charge in [0, 0.05) is 24.9 Å². The average Bonchev–Trinajstić information content (AvgIpc) is 2.67. The molecule has 0 heterocycles. The van der Waals surface area contributed by atoms with Crippen LogP contribution in [0.3, 0.4) is 0 Å². The van der Waals surface area contributed by atoms with Gasteiger partial charge in [0.25, 0.3) is 0 Å². The van der Waals surface area contributed by atoms with Gasteiger partial charge < -0.3 is 19.7 Å². The summed E-state index contributed by atoms with van der Waals surface area (Å²) in [5.41, 5.74) is 0.510. The van der Waals surface area contributed by atoms with Crippen LogP contribution in [0.2, 0.25) is 0 Å². The third kappa shape index (κ3) is 5.33. The van der Waals surface area contributed by atoms with Gasteiger partial charge in [-0.1, -0.05) is 0 Å². The first kappa shape index (κ1) is 20.5. The number of carbonyl (C=O) groups is 1. The summed E-state index contributed by atoms with van der Waals surface area (Å²) in [6.45, 7) is -0.129. The molecule has 0 aromatic heterocycles. The summed E-state index contributed by atoms with van der Waals surface area (Å²) in [7, 11) is 4.62. The molecule has 2 rings (SSSR count). The summed E-state index contributed by atoms with van der Waals surface area (Å²) in [4.78, 5) is 17.6. The Morgan fingerprint density at radius 1 is 1.15 bits per heavy atom. The zero-order valence-electron chi connectivity index (χ0n) is 15.0. The van der Waals surface area contributed by atoms with Gasteiger partial charge in [-0.2, -0.15) is 0 Å². The van der Waals surface area contributed by atoms with E-state index in [0.717, 1.165) is 12.1 Å². The van der Waals surface area contributed by atoms with Gasteiger partial charge in [-0.05, 0) is 24.3 Å². The Labute approximate surface area is 161 Å². The maximum Gasteiger partial charge on any atom is 0.246 e. The molecule has 0 fully saturated rings. The van der Waals surface area contributed by atoms with E-state index >= 15 is 0 Å². The Balaban J connectivity index is 2.03. The van der Waals surface area contributed by atoms with Crippen molar-refractivity contribution in [2.24, 2.45) is 4.99 Å². The SMILES string of the molecule is COc1ccc(N(C)C(=O)CNC(S)=Nc2ccc(F)cc2F)cc1OC.